The summed E-state index contributed by atoms with van der Waals surface area (Å²) in [5, 5.41) is 12.5. The van der Waals surface area contributed by atoms with E-state index in [1.165, 1.54) is 4.88 Å². The molecule has 3 aromatic heterocycles. The van der Waals surface area contributed by atoms with Crippen LogP contribution in [0.25, 0.3) is 11.6 Å². The van der Waals surface area contributed by atoms with Crippen molar-refractivity contribution in [2.75, 3.05) is 5.73 Å². The van der Waals surface area contributed by atoms with E-state index in [9.17, 15) is 0 Å². The minimum atomic E-state index is 0.401. The molecule has 3 N–H and O–H groups in total. The van der Waals surface area contributed by atoms with Gasteiger partial charge in [-0.3, -0.25) is 5.10 Å². The number of rotatable bonds is 3. The van der Waals surface area contributed by atoms with Gasteiger partial charge in [-0.15, -0.1) is 11.3 Å². The molecule has 3 aromatic rings. The maximum absolute atomic E-state index is 5.50. The zero-order chi connectivity index (χ0) is 11.7. The van der Waals surface area contributed by atoms with Gasteiger partial charge >= 0.3 is 0 Å². The molecule has 6 nitrogen and oxygen atoms in total. The lowest BCUT2D eigenvalue weighted by atomic mass is 10.3. The van der Waals surface area contributed by atoms with Crippen LogP contribution in [0.3, 0.4) is 0 Å². The van der Waals surface area contributed by atoms with Gasteiger partial charge in [-0.25, -0.2) is 0 Å². The molecule has 3 heterocycles. The van der Waals surface area contributed by atoms with Crippen molar-refractivity contribution in [2.45, 2.75) is 6.42 Å². The molecule has 0 aliphatic heterocycles. The van der Waals surface area contributed by atoms with Crippen LogP contribution in [0.4, 0.5) is 5.82 Å². The van der Waals surface area contributed by atoms with Gasteiger partial charge in [0, 0.05) is 17.4 Å². The van der Waals surface area contributed by atoms with E-state index in [0.29, 0.717) is 29.6 Å². The fraction of sp³-hybridized carbons (Fsp3) is 0.100. The quantitative estimate of drug-likeness (QED) is 0.734. The molecular weight excluding hydrogens is 238 g/mol. The Hall–Kier alpha value is -2.15. The minimum absolute atomic E-state index is 0.401. The number of aromatic amines is 1. The summed E-state index contributed by atoms with van der Waals surface area (Å²) >= 11 is 1.67. The van der Waals surface area contributed by atoms with Crippen LogP contribution in [-0.4, -0.2) is 20.3 Å². The number of hydrogen-bond donors (Lipinski definition) is 2. The van der Waals surface area contributed by atoms with Gasteiger partial charge in [-0.05, 0) is 11.4 Å². The number of thiophene rings is 1. The Kier molecular flexibility index (Phi) is 2.37. The van der Waals surface area contributed by atoms with E-state index in [1.807, 2.05) is 17.5 Å². The SMILES string of the molecule is Nc1cc(-c2nc(Cc3cccs3)no2)[nH]n1. The predicted molar refractivity (Wildman–Crippen MR) is 63.4 cm³/mol. The average Bonchev–Trinajstić information content (AvgIpc) is 2.99. The summed E-state index contributed by atoms with van der Waals surface area (Å²) in [6.45, 7) is 0. The van der Waals surface area contributed by atoms with E-state index in [-0.39, 0.29) is 0 Å². The van der Waals surface area contributed by atoms with Crippen LogP contribution >= 0.6 is 11.3 Å². The topological polar surface area (TPSA) is 93.6 Å². The molecule has 0 unspecified atom stereocenters. The summed E-state index contributed by atoms with van der Waals surface area (Å²) in [5.74, 6) is 1.45. The van der Waals surface area contributed by atoms with Gasteiger partial charge in [0.05, 0.1) is 0 Å². The van der Waals surface area contributed by atoms with Crippen LogP contribution in [0, 0.1) is 0 Å². The molecule has 7 heteroatoms. The normalized spacial score (nSPS) is 10.8. The molecule has 0 atom stereocenters. The molecule has 0 bridgehead atoms. The number of hydrogen-bond acceptors (Lipinski definition) is 6. The third kappa shape index (κ3) is 2.04. The molecule has 0 saturated carbocycles. The van der Waals surface area contributed by atoms with Gasteiger partial charge in [-0.1, -0.05) is 11.2 Å². The van der Waals surface area contributed by atoms with Crippen molar-refractivity contribution >= 4 is 17.2 Å². The Labute approximate surface area is 100 Å². The standard InChI is InChI=1S/C10H9N5OS/c11-8-5-7(13-14-8)10-12-9(15-16-10)4-6-2-1-3-17-6/h1-3,5H,4H2,(H3,11,13,14). The summed E-state index contributed by atoms with van der Waals surface area (Å²) < 4.78 is 5.13. The van der Waals surface area contributed by atoms with Crippen LogP contribution in [-0.2, 0) is 6.42 Å². The molecule has 0 saturated heterocycles. The van der Waals surface area contributed by atoms with E-state index < -0.39 is 0 Å². The van der Waals surface area contributed by atoms with E-state index in [2.05, 4.69) is 20.3 Å². The number of nitrogen functional groups attached to an aromatic ring is 1. The van der Waals surface area contributed by atoms with Crippen LogP contribution in [0.1, 0.15) is 10.7 Å². The number of aromatic nitrogens is 4. The van der Waals surface area contributed by atoms with Crippen molar-refractivity contribution < 1.29 is 4.52 Å². The molecular formula is C10H9N5OS. The monoisotopic (exact) mass is 247 g/mol. The van der Waals surface area contributed by atoms with Crippen molar-refractivity contribution in [3.8, 4) is 11.6 Å². The molecule has 0 amide bonds. The Morgan fingerprint density at radius 2 is 2.41 bits per heavy atom. The summed E-state index contributed by atoms with van der Waals surface area (Å²) in [6, 6.07) is 5.69. The number of H-pyrrole nitrogens is 1. The van der Waals surface area contributed by atoms with Gasteiger partial charge in [-0.2, -0.15) is 10.1 Å². The summed E-state index contributed by atoms with van der Waals surface area (Å²) in [6.07, 6.45) is 0.671. The first-order chi connectivity index (χ1) is 8.31. The van der Waals surface area contributed by atoms with Gasteiger partial charge in [0.1, 0.15) is 11.5 Å². The van der Waals surface area contributed by atoms with Crippen molar-refractivity contribution in [3.63, 3.8) is 0 Å². The molecule has 0 aliphatic rings. The molecule has 17 heavy (non-hydrogen) atoms. The predicted octanol–water partition coefficient (Wildman–Crippen LogP) is 1.69. The van der Waals surface area contributed by atoms with Crippen molar-refractivity contribution in [1.29, 1.82) is 0 Å². The lowest BCUT2D eigenvalue weighted by Crippen LogP contribution is -1.87. The molecule has 86 valence electrons. The fourth-order valence-electron chi connectivity index (χ4n) is 1.45. The van der Waals surface area contributed by atoms with E-state index in [0.717, 1.165) is 0 Å². The first-order valence-electron chi connectivity index (χ1n) is 4.97. The molecule has 3 rings (SSSR count). The highest BCUT2D eigenvalue weighted by atomic mass is 32.1. The highest BCUT2D eigenvalue weighted by molar-refractivity contribution is 7.09. The van der Waals surface area contributed by atoms with E-state index in [4.69, 9.17) is 10.3 Å². The third-order valence-electron chi connectivity index (χ3n) is 2.21. The smallest absolute Gasteiger partial charge is 0.276 e. The van der Waals surface area contributed by atoms with Gasteiger partial charge < -0.3 is 10.3 Å². The highest BCUT2D eigenvalue weighted by Gasteiger charge is 2.11. The summed E-state index contributed by atoms with van der Waals surface area (Å²) in [5.41, 5.74) is 6.13. The van der Waals surface area contributed by atoms with E-state index in [1.54, 1.807) is 17.4 Å². The highest BCUT2D eigenvalue weighted by Crippen LogP contribution is 2.18. The molecule has 0 aromatic carbocycles. The number of anilines is 1. The number of nitrogens with one attached hydrogen (secondary N) is 1. The lowest BCUT2D eigenvalue weighted by molar-refractivity contribution is 0.422. The second kappa shape index (κ2) is 4.02. The minimum Gasteiger partial charge on any atom is -0.382 e. The summed E-state index contributed by atoms with van der Waals surface area (Å²) in [4.78, 5) is 5.47. The van der Waals surface area contributed by atoms with Gasteiger partial charge in [0.2, 0.25) is 0 Å². The van der Waals surface area contributed by atoms with Crippen LogP contribution < -0.4 is 5.73 Å². The second-order valence-corrected chi connectivity index (χ2v) is 4.51. The van der Waals surface area contributed by atoms with Gasteiger partial charge in [0.15, 0.2) is 5.82 Å². The maximum Gasteiger partial charge on any atom is 0.276 e. The zero-order valence-electron chi connectivity index (χ0n) is 8.75. The van der Waals surface area contributed by atoms with Crippen molar-refractivity contribution in [3.05, 3.63) is 34.3 Å². The Balaban J connectivity index is 1.83. The Morgan fingerprint density at radius 1 is 1.47 bits per heavy atom. The van der Waals surface area contributed by atoms with Crippen LogP contribution in [0.15, 0.2) is 28.1 Å². The number of nitrogens with zero attached hydrogens (tertiary/aromatic N) is 3. The maximum atomic E-state index is 5.50. The van der Waals surface area contributed by atoms with Crippen LogP contribution in [0.2, 0.25) is 0 Å². The third-order valence-corrected chi connectivity index (χ3v) is 3.09. The Morgan fingerprint density at radius 3 is 3.12 bits per heavy atom. The average molecular weight is 247 g/mol. The fourth-order valence-corrected chi connectivity index (χ4v) is 2.15. The van der Waals surface area contributed by atoms with Crippen LogP contribution in [0.5, 0.6) is 0 Å². The lowest BCUT2D eigenvalue weighted by Gasteiger charge is -1.87. The zero-order valence-corrected chi connectivity index (χ0v) is 9.57. The molecule has 0 spiro atoms. The second-order valence-electron chi connectivity index (χ2n) is 3.48. The van der Waals surface area contributed by atoms with E-state index >= 15 is 0 Å². The Bertz CT molecular complexity index is 612. The molecule has 0 fully saturated rings. The number of nitrogens with two attached hydrogens (primary N) is 1. The summed E-state index contributed by atoms with van der Waals surface area (Å²) in [7, 11) is 0. The van der Waals surface area contributed by atoms with Crippen molar-refractivity contribution in [1.82, 2.24) is 20.3 Å². The molecule has 0 aliphatic carbocycles. The first kappa shape index (κ1) is 10.0. The van der Waals surface area contributed by atoms with Crippen molar-refractivity contribution in [2.24, 2.45) is 0 Å². The first-order valence-corrected chi connectivity index (χ1v) is 5.85. The van der Waals surface area contributed by atoms with Gasteiger partial charge in [0.25, 0.3) is 5.89 Å². The molecule has 0 radical (unpaired) electrons. The largest absolute Gasteiger partial charge is 0.382 e.